The van der Waals surface area contributed by atoms with Crippen LogP contribution in [0.15, 0.2) is 60.7 Å². The number of alkyl halides is 3. The van der Waals surface area contributed by atoms with Crippen molar-refractivity contribution >= 4 is 34.1 Å². The number of aromatic nitrogens is 2. The third kappa shape index (κ3) is 3.63. The maximum absolute atomic E-state index is 15.1. The van der Waals surface area contributed by atoms with Crippen LogP contribution in [0.4, 0.5) is 39.5 Å². The standard InChI is InChI=1S/C21H15F4N5O/c22-15-9-11(14-5-2-6-16-18(14)19(26)29-28-16)7-8-17(15)30(20(27)31)13-4-1-3-12(10-13)21(23,24)25/h1-10H,(H2,27,31)(H3,26,28,29). The molecule has 0 unspecified atom stereocenters. The number of nitrogen functional groups attached to an aromatic ring is 1. The van der Waals surface area contributed by atoms with E-state index in [0.29, 0.717) is 26.9 Å². The first-order chi connectivity index (χ1) is 14.7. The molecule has 1 aromatic heterocycles. The molecule has 0 radical (unpaired) electrons. The molecule has 10 heteroatoms. The fourth-order valence-electron chi connectivity index (χ4n) is 3.40. The van der Waals surface area contributed by atoms with Crippen molar-refractivity contribution in [1.82, 2.24) is 10.2 Å². The number of hydrogen-bond donors (Lipinski definition) is 3. The largest absolute Gasteiger partial charge is 0.416 e. The first kappa shape index (κ1) is 20.2. The number of benzene rings is 3. The van der Waals surface area contributed by atoms with Crippen LogP contribution in [0.1, 0.15) is 5.56 Å². The molecule has 0 atom stereocenters. The molecule has 0 bridgehead atoms. The van der Waals surface area contributed by atoms with Crippen molar-refractivity contribution < 1.29 is 22.4 Å². The third-order valence-corrected chi connectivity index (χ3v) is 4.77. The van der Waals surface area contributed by atoms with Gasteiger partial charge in [-0.1, -0.05) is 24.3 Å². The van der Waals surface area contributed by atoms with Gasteiger partial charge in [0.25, 0.3) is 0 Å². The second-order valence-corrected chi connectivity index (χ2v) is 6.72. The predicted molar refractivity (Wildman–Crippen MR) is 109 cm³/mol. The van der Waals surface area contributed by atoms with E-state index in [1.165, 1.54) is 18.2 Å². The van der Waals surface area contributed by atoms with Gasteiger partial charge in [-0.25, -0.2) is 9.18 Å². The third-order valence-electron chi connectivity index (χ3n) is 4.77. The Hall–Kier alpha value is -4.08. The molecule has 0 saturated heterocycles. The second-order valence-electron chi connectivity index (χ2n) is 6.72. The Labute approximate surface area is 173 Å². The van der Waals surface area contributed by atoms with E-state index in [1.807, 2.05) is 0 Å². The zero-order valence-corrected chi connectivity index (χ0v) is 15.7. The fraction of sp³-hybridized carbons (Fsp3) is 0.0476. The normalized spacial score (nSPS) is 11.6. The minimum Gasteiger partial charge on any atom is -0.382 e. The highest BCUT2D eigenvalue weighted by Gasteiger charge is 2.31. The first-order valence-electron chi connectivity index (χ1n) is 8.96. The zero-order chi connectivity index (χ0) is 22.3. The molecule has 0 aliphatic heterocycles. The molecule has 0 aliphatic rings. The molecule has 4 aromatic rings. The number of anilines is 3. The Balaban J connectivity index is 1.81. The summed E-state index contributed by atoms with van der Waals surface area (Å²) in [6.07, 6.45) is -4.63. The molecule has 0 aliphatic carbocycles. The fourth-order valence-corrected chi connectivity index (χ4v) is 3.40. The molecular weight excluding hydrogens is 414 g/mol. The molecule has 6 nitrogen and oxygen atoms in total. The van der Waals surface area contributed by atoms with Crippen LogP contribution in [-0.4, -0.2) is 16.2 Å². The molecule has 4 rings (SSSR count). The summed E-state index contributed by atoms with van der Waals surface area (Å²) in [6.45, 7) is 0. The van der Waals surface area contributed by atoms with Gasteiger partial charge in [-0.3, -0.25) is 10.00 Å². The molecule has 2 amide bonds. The molecule has 0 spiro atoms. The lowest BCUT2D eigenvalue weighted by Gasteiger charge is -2.22. The number of carbonyl (C=O) groups is 1. The molecular formula is C21H15F4N5O. The first-order valence-corrected chi connectivity index (χ1v) is 8.96. The van der Waals surface area contributed by atoms with Crippen molar-refractivity contribution in [2.45, 2.75) is 6.18 Å². The highest BCUT2D eigenvalue weighted by Crippen LogP contribution is 2.37. The van der Waals surface area contributed by atoms with Crippen LogP contribution in [0.25, 0.3) is 22.0 Å². The summed E-state index contributed by atoms with van der Waals surface area (Å²) in [5.74, 6) is -0.620. The lowest BCUT2D eigenvalue weighted by atomic mass is 10.0. The maximum atomic E-state index is 15.1. The predicted octanol–water partition coefficient (Wildman–Crippen LogP) is 5.19. The number of halogens is 4. The van der Waals surface area contributed by atoms with E-state index < -0.39 is 23.6 Å². The Morgan fingerprint density at radius 2 is 1.77 bits per heavy atom. The average molecular weight is 429 g/mol. The number of H-pyrrole nitrogens is 1. The van der Waals surface area contributed by atoms with Crippen molar-refractivity contribution in [3.63, 3.8) is 0 Å². The zero-order valence-electron chi connectivity index (χ0n) is 15.7. The van der Waals surface area contributed by atoms with Crippen LogP contribution in [0.3, 0.4) is 0 Å². The van der Waals surface area contributed by atoms with Crippen molar-refractivity contribution in [2.75, 3.05) is 10.6 Å². The Morgan fingerprint density at radius 1 is 1.03 bits per heavy atom. The molecule has 0 saturated carbocycles. The number of hydrogen-bond acceptors (Lipinski definition) is 3. The number of carbonyl (C=O) groups excluding carboxylic acids is 1. The van der Waals surface area contributed by atoms with E-state index in [0.717, 1.165) is 24.3 Å². The van der Waals surface area contributed by atoms with Crippen molar-refractivity contribution in [3.05, 3.63) is 72.0 Å². The van der Waals surface area contributed by atoms with Gasteiger partial charge in [0.15, 0.2) is 5.82 Å². The quantitative estimate of drug-likeness (QED) is 0.391. The summed E-state index contributed by atoms with van der Waals surface area (Å²) < 4.78 is 54.3. The summed E-state index contributed by atoms with van der Waals surface area (Å²) in [7, 11) is 0. The van der Waals surface area contributed by atoms with Crippen LogP contribution >= 0.6 is 0 Å². The van der Waals surface area contributed by atoms with E-state index in [-0.39, 0.29) is 17.2 Å². The number of urea groups is 1. The molecule has 1 heterocycles. The van der Waals surface area contributed by atoms with Gasteiger partial charge in [0.05, 0.1) is 27.8 Å². The van der Waals surface area contributed by atoms with Crippen molar-refractivity contribution in [1.29, 1.82) is 0 Å². The van der Waals surface area contributed by atoms with Gasteiger partial charge in [-0.15, -0.1) is 0 Å². The lowest BCUT2D eigenvalue weighted by molar-refractivity contribution is -0.137. The Morgan fingerprint density at radius 3 is 2.45 bits per heavy atom. The number of primary amides is 1. The summed E-state index contributed by atoms with van der Waals surface area (Å²) in [5.41, 5.74) is 11.5. The minimum absolute atomic E-state index is 0.213. The number of nitrogens with zero attached hydrogens (tertiary/aromatic N) is 2. The van der Waals surface area contributed by atoms with E-state index in [4.69, 9.17) is 11.5 Å². The van der Waals surface area contributed by atoms with Gasteiger partial charge in [-0.05, 0) is 47.5 Å². The van der Waals surface area contributed by atoms with Crippen LogP contribution < -0.4 is 16.4 Å². The molecule has 0 fully saturated rings. The van der Waals surface area contributed by atoms with Gasteiger partial charge in [-0.2, -0.15) is 18.3 Å². The number of amides is 2. The molecule has 31 heavy (non-hydrogen) atoms. The highest BCUT2D eigenvalue weighted by molar-refractivity contribution is 6.02. The van der Waals surface area contributed by atoms with Crippen LogP contribution in [0, 0.1) is 5.82 Å². The second kappa shape index (κ2) is 7.31. The number of fused-ring (bicyclic) bond motifs is 1. The summed E-state index contributed by atoms with van der Waals surface area (Å²) >= 11 is 0. The smallest absolute Gasteiger partial charge is 0.382 e. The maximum Gasteiger partial charge on any atom is 0.416 e. The van der Waals surface area contributed by atoms with E-state index >= 15 is 4.39 Å². The Kier molecular flexibility index (Phi) is 4.77. The summed E-state index contributed by atoms with van der Waals surface area (Å²) in [6, 6.07) is 11.9. The van der Waals surface area contributed by atoms with Gasteiger partial charge in [0, 0.05) is 0 Å². The lowest BCUT2D eigenvalue weighted by Crippen LogP contribution is -2.32. The van der Waals surface area contributed by atoms with Gasteiger partial charge in [0.2, 0.25) is 0 Å². The Bertz CT molecular complexity index is 1300. The van der Waals surface area contributed by atoms with Crippen molar-refractivity contribution in [3.8, 4) is 11.1 Å². The monoisotopic (exact) mass is 429 g/mol. The highest BCUT2D eigenvalue weighted by atomic mass is 19.4. The van der Waals surface area contributed by atoms with Crippen LogP contribution in [-0.2, 0) is 6.18 Å². The van der Waals surface area contributed by atoms with Gasteiger partial charge >= 0.3 is 12.2 Å². The van der Waals surface area contributed by atoms with Crippen LogP contribution in [0.5, 0.6) is 0 Å². The molecule has 5 N–H and O–H groups in total. The SMILES string of the molecule is NC(=O)N(c1cccc(C(F)(F)F)c1)c1ccc(-c2cccc3[nH]nc(N)c23)cc1F. The van der Waals surface area contributed by atoms with Gasteiger partial charge < -0.3 is 11.5 Å². The number of aromatic amines is 1. The number of rotatable bonds is 3. The topological polar surface area (TPSA) is 101 Å². The van der Waals surface area contributed by atoms with Crippen molar-refractivity contribution in [2.24, 2.45) is 5.73 Å². The summed E-state index contributed by atoms with van der Waals surface area (Å²) in [5, 5.41) is 7.30. The van der Waals surface area contributed by atoms with E-state index in [1.54, 1.807) is 18.2 Å². The number of nitrogens with two attached hydrogens (primary N) is 2. The average Bonchev–Trinajstić information content (AvgIpc) is 3.10. The molecule has 3 aromatic carbocycles. The number of nitrogens with one attached hydrogen (secondary N) is 1. The van der Waals surface area contributed by atoms with E-state index in [2.05, 4.69) is 10.2 Å². The summed E-state index contributed by atoms with van der Waals surface area (Å²) in [4.78, 5) is 12.7. The van der Waals surface area contributed by atoms with Crippen LogP contribution in [0.2, 0.25) is 0 Å². The van der Waals surface area contributed by atoms with Gasteiger partial charge in [0.1, 0.15) is 5.82 Å². The van der Waals surface area contributed by atoms with E-state index in [9.17, 15) is 18.0 Å². The minimum atomic E-state index is -4.63. The molecule has 158 valence electrons.